The summed E-state index contributed by atoms with van der Waals surface area (Å²) < 4.78 is 0. The highest BCUT2D eigenvalue weighted by atomic mass is 16.1. The van der Waals surface area contributed by atoms with Gasteiger partial charge in [0, 0.05) is 17.4 Å². The zero-order valence-electron chi connectivity index (χ0n) is 14.3. The topological polar surface area (TPSA) is 66.9 Å². The van der Waals surface area contributed by atoms with E-state index in [-0.39, 0.29) is 5.91 Å². The molecule has 0 spiro atoms. The predicted octanol–water partition coefficient (Wildman–Crippen LogP) is 4.34. The van der Waals surface area contributed by atoms with Crippen LogP contribution in [0.4, 0.5) is 17.2 Å². The van der Waals surface area contributed by atoms with Crippen molar-refractivity contribution in [3.8, 4) is 0 Å². The molecule has 1 heterocycles. The highest BCUT2D eigenvalue weighted by Crippen LogP contribution is 2.20. The summed E-state index contributed by atoms with van der Waals surface area (Å²) in [6, 6.07) is 17.3. The SMILES string of the molecule is CCc1ccccc1NC(=O)c1cc(Nc2ccccc2C)ncn1. The van der Waals surface area contributed by atoms with Gasteiger partial charge in [0.1, 0.15) is 17.8 Å². The summed E-state index contributed by atoms with van der Waals surface area (Å²) in [5.41, 5.74) is 4.26. The molecule has 1 aromatic heterocycles. The second kappa shape index (κ2) is 7.57. The first kappa shape index (κ1) is 16.6. The first-order valence-corrected chi connectivity index (χ1v) is 8.21. The van der Waals surface area contributed by atoms with Gasteiger partial charge in [-0.1, -0.05) is 43.3 Å². The van der Waals surface area contributed by atoms with Gasteiger partial charge in [0.25, 0.3) is 5.91 Å². The number of aryl methyl sites for hydroxylation is 2. The minimum absolute atomic E-state index is 0.254. The molecule has 2 aromatic carbocycles. The lowest BCUT2D eigenvalue weighted by Crippen LogP contribution is -2.15. The highest BCUT2D eigenvalue weighted by molar-refractivity contribution is 6.03. The van der Waals surface area contributed by atoms with Gasteiger partial charge < -0.3 is 10.6 Å². The molecule has 126 valence electrons. The Morgan fingerprint density at radius 3 is 2.48 bits per heavy atom. The molecule has 5 nitrogen and oxygen atoms in total. The molecule has 0 saturated heterocycles. The number of hydrogen-bond donors (Lipinski definition) is 2. The van der Waals surface area contributed by atoms with Crippen molar-refractivity contribution >= 4 is 23.1 Å². The number of rotatable bonds is 5. The minimum Gasteiger partial charge on any atom is -0.340 e. The van der Waals surface area contributed by atoms with E-state index in [0.717, 1.165) is 28.9 Å². The van der Waals surface area contributed by atoms with E-state index in [2.05, 4.69) is 27.5 Å². The number of amides is 1. The maximum Gasteiger partial charge on any atom is 0.274 e. The molecule has 0 unspecified atom stereocenters. The van der Waals surface area contributed by atoms with Gasteiger partial charge >= 0.3 is 0 Å². The normalized spacial score (nSPS) is 10.3. The molecular weight excluding hydrogens is 312 g/mol. The van der Waals surface area contributed by atoms with Crippen molar-refractivity contribution in [2.45, 2.75) is 20.3 Å². The first-order chi connectivity index (χ1) is 12.2. The number of anilines is 3. The summed E-state index contributed by atoms with van der Waals surface area (Å²) >= 11 is 0. The molecule has 0 saturated carbocycles. The van der Waals surface area contributed by atoms with Crippen molar-refractivity contribution in [2.75, 3.05) is 10.6 Å². The Hall–Kier alpha value is -3.21. The number of para-hydroxylation sites is 2. The molecule has 3 aromatic rings. The average Bonchev–Trinajstić information content (AvgIpc) is 2.64. The summed E-state index contributed by atoms with van der Waals surface area (Å²) in [5.74, 6) is 0.328. The fraction of sp³-hybridized carbons (Fsp3) is 0.150. The van der Waals surface area contributed by atoms with Crippen LogP contribution < -0.4 is 10.6 Å². The number of nitrogens with one attached hydrogen (secondary N) is 2. The molecule has 0 aliphatic heterocycles. The van der Waals surface area contributed by atoms with Crippen LogP contribution in [0.15, 0.2) is 60.9 Å². The van der Waals surface area contributed by atoms with Gasteiger partial charge in [-0.25, -0.2) is 9.97 Å². The fourth-order valence-electron chi connectivity index (χ4n) is 2.54. The third-order valence-electron chi connectivity index (χ3n) is 3.95. The van der Waals surface area contributed by atoms with Crippen molar-refractivity contribution in [3.63, 3.8) is 0 Å². The smallest absolute Gasteiger partial charge is 0.274 e. The number of aromatic nitrogens is 2. The zero-order valence-corrected chi connectivity index (χ0v) is 14.3. The summed E-state index contributed by atoms with van der Waals surface area (Å²) in [4.78, 5) is 20.8. The van der Waals surface area contributed by atoms with Gasteiger partial charge in [0.2, 0.25) is 0 Å². The van der Waals surface area contributed by atoms with E-state index in [9.17, 15) is 4.79 Å². The molecule has 0 radical (unpaired) electrons. The van der Waals surface area contributed by atoms with Crippen molar-refractivity contribution in [1.29, 1.82) is 0 Å². The van der Waals surface area contributed by atoms with Gasteiger partial charge in [-0.15, -0.1) is 0 Å². The van der Waals surface area contributed by atoms with Gasteiger partial charge in [0.15, 0.2) is 0 Å². The van der Waals surface area contributed by atoms with Crippen molar-refractivity contribution in [1.82, 2.24) is 9.97 Å². The Kier molecular flexibility index (Phi) is 5.04. The van der Waals surface area contributed by atoms with E-state index in [1.54, 1.807) is 6.07 Å². The summed E-state index contributed by atoms with van der Waals surface area (Å²) in [5, 5.41) is 6.15. The van der Waals surface area contributed by atoms with Gasteiger partial charge in [-0.3, -0.25) is 4.79 Å². The summed E-state index contributed by atoms with van der Waals surface area (Å²) in [6.45, 7) is 4.07. The molecule has 1 amide bonds. The zero-order chi connectivity index (χ0) is 17.6. The molecule has 3 rings (SSSR count). The molecule has 2 N–H and O–H groups in total. The second-order valence-corrected chi connectivity index (χ2v) is 5.69. The van der Waals surface area contributed by atoms with E-state index in [4.69, 9.17) is 0 Å². The largest absolute Gasteiger partial charge is 0.340 e. The predicted molar refractivity (Wildman–Crippen MR) is 100 cm³/mol. The molecular formula is C20H20N4O. The fourth-order valence-corrected chi connectivity index (χ4v) is 2.54. The molecule has 0 bridgehead atoms. The van der Waals surface area contributed by atoms with Crippen molar-refractivity contribution in [3.05, 3.63) is 77.7 Å². The maximum atomic E-state index is 12.5. The number of carbonyl (C=O) groups excluding carboxylic acids is 1. The van der Waals surface area contributed by atoms with Crippen LogP contribution >= 0.6 is 0 Å². The summed E-state index contributed by atoms with van der Waals surface area (Å²) in [7, 11) is 0. The Balaban J connectivity index is 1.79. The monoisotopic (exact) mass is 332 g/mol. The maximum absolute atomic E-state index is 12.5. The number of carbonyl (C=O) groups is 1. The number of hydrogen-bond acceptors (Lipinski definition) is 4. The Morgan fingerprint density at radius 2 is 1.72 bits per heavy atom. The highest BCUT2D eigenvalue weighted by Gasteiger charge is 2.11. The van der Waals surface area contributed by atoms with Crippen LogP contribution in [0.2, 0.25) is 0 Å². The molecule has 0 fully saturated rings. The van der Waals surface area contributed by atoms with Crippen molar-refractivity contribution in [2.24, 2.45) is 0 Å². The third-order valence-corrected chi connectivity index (χ3v) is 3.95. The third kappa shape index (κ3) is 4.01. The number of benzene rings is 2. The summed E-state index contributed by atoms with van der Waals surface area (Å²) in [6.07, 6.45) is 2.24. The van der Waals surface area contributed by atoms with Crippen LogP contribution in [-0.2, 0) is 6.42 Å². The lowest BCUT2D eigenvalue weighted by molar-refractivity contribution is 0.102. The standard InChI is InChI=1S/C20H20N4O/c1-3-15-9-5-7-11-17(15)24-20(25)18-12-19(22-13-21-18)23-16-10-6-4-8-14(16)2/h4-13H,3H2,1-2H3,(H,24,25)(H,21,22,23). The second-order valence-electron chi connectivity index (χ2n) is 5.69. The van der Waals surface area contributed by atoms with Gasteiger partial charge in [0.05, 0.1) is 0 Å². The number of nitrogens with zero attached hydrogens (tertiary/aromatic N) is 2. The molecule has 0 aliphatic rings. The van der Waals surface area contributed by atoms with Gasteiger partial charge in [-0.2, -0.15) is 0 Å². The van der Waals surface area contributed by atoms with Crippen LogP contribution in [0.5, 0.6) is 0 Å². The van der Waals surface area contributed by atoms with E-state index >= 15 is 0 Å². The quantitative estimate of drug-likeness (QED) is 0.729. The van der Waals surface area contributed by atoms with Crippen LogP contribution in [-0.4, -0.2) is 15.9 Å². The molecule has 0 aliphatic carbocycles. The minimum atomic E-state index is -0.254. The van der Waals surface area contributed by atoms with E-state index in [1.165, 1.54) is 6.33 Å². The molecule has 0 atom stereocenters. The van der Waals surface area contributed by atoms with Crippen molar-refractivity contribution < 1.29 is 4.79 Å². The van der Waals surface area contributed by atoms with Crippen LogP contribution in [0.1, 0.15) is 28.5 Å². The van der Waals surface area contributed by atoms with E-state index in [1.807, 2.05) is 55.5 Å². The van der Waals surface area contributed by atoms with Crippen LogP contribution in [0.3, 0.4) is 0 Å². The first-order valence-electron chi connectivity index (χ1n) is 8.21. The lowest BCUT2D eigenvalue weighted by atomic mass is 10.1. The van der Waals surface area contributed by atoms with Gasteiger partial charge in [-0.05, 0) is 36.6 Å². The average molecular weight is 332 g/mol. The Labute approximate surface area is 147 Å². The molecule has 25 heavy (non-hydrogen) atoms. The molecule has 5 heteroatoms. The Bertz CT molecular complexity index is 892. The van der Waals surface area contributed by atoms with Crippen LogP contribution in [0.25, 0.3) is 0 Å². The van der Waals surface area contributed by atoms with E-state index < -0.39 is 0 Å². The van der Waals surface area contributed by atoms with E-state index in [0.29, 0.717) is 11.5 Å². The van der Waals surface area contributed by atoms with Crippen LogP contribution in [0, 0.1) is 6.92 Å². The Morgan fingerprint density at radius 1 is 1.00 bits per heavy atom. The lowest BCUT2D eigenvalue weighted by Gasteiger charge is -2.11.